The lowest BCUT2D eigenvalue weighted by atomic mass is 9.90. The Hall–Kier alpha value is -1.20. The molecule has 110 valence electrons. The molecule has 0 saturated carbocycles. The summed E-state index contributed by atoms with van der Waals surface area (Å²) in [7, 11) is 0. The van der Waals surface area contributed by atoms with E-state index in [-0.39, 0.29) is 6.29 Å². The predicted molar refractivity (Wildman–Crippen MR) is 83.7 cm³/mol. The van der Waals surface area contributed by atoms with Crippen LogP contribution < -0.4 is 5.32 Å². The summed E-state index contributed by atoms with van der Waals surface area (Å²) in [4.78, 5) is 2.53. The number of nitrogens with one attached hydrogen (secondary N) is 1. The average molecular weight is 301 g/mol. The van der Waals surface area contributed by atoms with Crippen LogP contribution in [0.5, 0.6) is 0 Å². The molecule has 1 saturated heterocycles. The quantitative estimate of drug-likeness (QED) is 0.923. The SMILES string of the molecule is Cc1sc(C2OCCO2)cc1C1NCCc2ccccc21. The molecule has 0 bridgehead atoms. The normalized spacial score (nSPS) is 22.4. The van der Waals surface area contributed by atoms with Crippen molar-refractivity contribution < 1.29 is 9.47 Å². The maximum Gasteiger partial charge on any atom is 0.193 e. The number of hydrogen-bond acceptors (Lipinski definition) is 4. The molecule has 21 heavy (non-hydrogen) atoms. The van der Waals surface area contributed by atoms with Gasteiger partial charge in [-0.25, -0.2) is 0 Å². The van der Waals surface area contributed by atoms with Crippen molar-refractivity contribution in [3.05, 3.63) is 56.8 Å². The standard InChI is InChI=1S/C17H19NO2S/c1-11-14(10-15(21-11)17-19-8-9-20-17)16-13-5-3-2-4-12(13)6-7-18-16/h2-5,10,16-18H,6-9H2,1H3. The van der Waals surface area contributed by atoms with Gasteiger partial charge >= 0.3 is 0 Å². The molecular formula is C17H19NO2S. The van der Waals surface area contributed by atoms with Crippen molar-refractivity contribution in [1.29, 1.82) is 0 Å². The Bertz CT molecular complexity index is 646. The molecular weight excluding hydrogens is 282 g/mol. The average Bonchev–Trinajstić information content (AvgIpc) is 3.16. The van der Waals surface area contributed by atoms with Gasteiger partial charge in [0.15, 0.2) is 6.29 Å². The van der Waals surface area contributed by atoms with Gasteiger partial charge in [0.25, 0.3) is 0 Å². The van der Waals surface area contributed by atoms with E-state index in [0.717, 1.165) is 13.0 Å². The van der Waals surface area contributed by atoms with Crippen LogP contribution in [0.4, 0.5) is 0 Å². The summed E-state index contributed by atoms with van der Waals surface area (Å²) in [5.41, 5.74) is 4.23. The van der Waals surface area contributed by atoms with Crippen LogP contribution in [0.3, 0.4) is 0 Å². The first-order valence-corrected chi connectivity index (χ1v) is 8.29. The van der Waals surface area contributed by atoms with Crippen LogP contribution in [0, 0.1) is 6.92 Å². The number of ether oxygens (including phenoxy) is 2. The molecule has 0 radical (unpaired) electrons. The first-order chi connectivity index (χ1) is 10.3. The Balaban J connectivity index is 1.71. The van der Waals surface area contributed by atoms with Crippen LogP contribution in [-0.2, 0) is 15.9 Å². The minimum atomic E-state index is -0.165. The highest BCUT2D eigenvalue weighted by Crippen LogP contribution is 2.38. The fourth-order valence-corrected chi connectivity index (χ4v) is 4.29. The van der Waals surface area contributed by atoms with E-state index >= 15 is 0 Å². The van der Waals surface area contributed by atoms with E-state index in [4.69, 9.17) is 9.47 Å². The molecule has 2 aliphatic rings. The Morgan fingerprint density at radius 1 is 1.14 bits per heavy atom. The van der Waals surface area contributed by atoms with E-state index in [2.05, 4.69) is 42.6 Å². The molecule has 1 aromatic heterocycles. The van der Waals surface area contributed by atoms with Crippen molar-refractivity contribution in [3.63, 3.8) is 0 Å². The van der Waals surface area contributed by atoms with Gasteiger partial charge in [-0.3, -0.25) is 0 Å². The summed E-state index contributed by atoms with van der Waals surface area (Å²) < 4.78 is 11.3. The highest BCUT2D eigenvalue weighted by atomic mass is 32.1. The second kappa shape index (κ2) is 5.54. The molecule has 2 aliphatic heterocycles. The Morgan fingerprint density at radius 2 is 1.95 bits per heavy atom. The molecule has 0 amide bonds. The number of aryl methyl sites for hydroxylation is 1. The number of fused-ring (bicyclic) bond motifs is 1. The first-order valence-electron chi connectivity index (χ1n) is 7.47. The first kappa shape index (κ1) is 13.5. The second-order valence-electron chi connectivity index (χ2n) is 5.57. The van der Waals surface area contributed by atoms with Crippen LogP contribution in [-0.4, -0.2) is 19.8 Å². The Kier molecular flexibility index (Phi) is 3.55. The molecule has 3 heterocycles. The van der Waals surface area contributed by atoms with Crippen LogP contribution >= 0.6 is 11.3 Å². The lowest BCUT2D eigenvalue weighted by molar-refractivity contribution is -0.0413. The molecule has 4 heteroatoms. The van der Waals surface area contributed by atoms with Gasteiger partial charge in [0.05, 0.1) is 24.1 Å². The maximum atomic E-state index is 5.63. The maximum absolute atomic E-state index is 5.63. The zero-order valence-electron chi connectivity index (χ0n) is 12.1. The van der Waals surface area contributed by atoms with Gasteiger partial charge in [-0.15, -0.1) is 11.3 Å². The zero-order chi connectivity index (χ0) is 14.2. The smallest absolute Gasteiger partial charge is 0.193 e. The van der Waals surface area contributed by atoms with Gasteiger partial charge in [-0.2, -0.15) is 0 Å². The highest BCUT2D eigenvalue weighted by Gasteiger charge is 2.27. The molecule has 1 atom stereocenters. The lowest BCUT2D eigenvalue weighted by Gasteiger charge is -2.27. The van der Waals surface area contributed by atoms with Crippen molar-refractivity contribution in [2.24, 2.45) is 0 Å². The Morgan fingerprint density at radius 3 is 2.81 bits per heavy atom. The van der Waals surface area contributed by atoms with E-state index in [1.807, 2.05) is 0 Å². The van der Waals surface area contributed by atoms with Crippen molar-refractivity contribution in [2.75, 3.05) is 19.8 Å². The summed E-state index contributed by atoms with van der Waals surface area (Å²) in [5, 5.41) is 3.66. The molecule has 1 unspecified atom stereocenters. The van der Waals surface area contributed by atoms with Crippen LogP contribution in [0.15, 0.2) is 30.3 Å². The molecule has 1 fully saturated rings. The van der Waals surface area contributed by atoms with Crippen molar-refractivity contribution in [3.8, 4) is 0 Å². The number of benzene rings is 1. The third kappa shape index (κ3) is 2.42. The third-order valence-electron chi connectivity index (χ3n) is 4.25. The van der Waals surface area contributed by atoms with Gasteiger partial charge in [0.2, 0.25) is 0 Å². The van der Waals surface area contributed by atoms with Crippen LogP contribution in [0.25, 0.3) is 0 Å². The zero-order valence-corrected chi connectivity index (χ0v) is 12.9. The molecule has 4 rings (SSSR count). The van der Waals surface area contributed by atoms with E-state index in [0.29, 0.717) is 19.3 Å². The van der Waals surface area contributed by atoms with E-state index < -0.39 is 0 Å². The minimum Gasteiger partial charge on any atom is -0.345 e. The van der Waals surface area contributed by atoms with Gasteiger partial charge < -0.3 is 14.8 Å². The molecule has 0 aliphatic carbocycles. The van der Waals surface area contributed by atoms with E-state index in [1.54, 1.807) is 11.3 Å². The summed E-state index contributed by atoms with van der Waals surface area (Å²) in [6, 6.07) is 11.3. The summed E-state index contributed by atoms with van der Waals surface area (Å²) in [6.07, 6.45) is 0.943. The van der Waals surface area contributed by atoms with Gasteiger partial charge in [-0.1, -0.05) is 24.3 Å². The molecule has 1 N–H and O–H groups in total. The lowest BCUT2D eigenvalue weighted by Crippen LogP contribution is -2.30. The van der Waals surface area contributed by atoms with Crippen LogP contribution in [0.1, 0.15) is 38.8 Å². The van der Waals surface area contributed by atoms with Gasteiger partial charge in [0, 0.05) is 11.4 Å². The fourth-order valence-electron chi connectivity index (χ4n) is 3.23. The monoisotopic (exact) mass is 301 g/mol. The second-order valence-corrected chi connectivity index (χ2v) is 6.86. The number of thiophene rings is 1. The van der Waals surface area contributed by atoms with Crippen molar-refractivity contribution in [2.45, 2.75) is 25.7 Å². The topological polar surface area (TPSA) is 30.5 Å². The summed E-state index contributed by atoms with van der Waals surface area (Å²) in [5.74, 6) is 0. The molecule has 3 nitrogen and oxygen atoms in total. The van der Waals surface area contributed by atoms with Gasteiger partial charge in [-0.05, 0) is 36.1 Å². The number of hydrogen-bond donors (Lipinski definition) is 1. The highest BCUT2D eigenvalue weighted by molar-refractivity contribution is 7.12. The molecule has 2 aromatic rings. The van der Waals surface area contributed by atoms with E-state index in [1.165, 1.54) is 26.4 Å². The fraction of sp³-hybridized carbons (Fsp3) is 0.412. The summed E-state index contributed by atoms with van der Waals surface area (Å²) in [6.45, 7) is 4.61. The van der Waals surface area contributed by atoms with Crippen LogP contribution in [0.2, 0.25) is 0 Å². The molecule has 1 aromatic carbocycles. The third-order valence-corrected chi connectivity index (χ3v) is 5.34. The predicted octanol–water partition coefficient (Wildman–Crippen LogP) is 3.34. The van der Waals surface area contributed by atoms with Crippen molar-refractivity contribution >= 4 is 11.3 Å². The van der Waals surface area contributed by atoms with Gasteiger partial charge in [0.1, 0.15) is 0 Å². The van der Waals surface area contributed by atoms with E-state index in [9.17, 15) is 0 Å². The van der Waals surface area contributed by atoms with Crippen molar-refractivity contribution in [1.82, 2.24) is 5.32 Å². The Labute approximate surface area is 128 Å². The number of rotatable bonds is 2. The molecule has 0 spiro atoms. The summed E-state index contributed by atoms with van der Waals surface area (Å²) >= 11 is 1.79. The largest absolute Gasteiger partial charge is 0.345 e. The minimum absolute atomic E-state index is 0.165.